The molecule has 2 aliphatic rings. The van der Waals surface area contributed by atoms with E-state index in [1.54, 1.807) is 38.3 Å². The second-order valence-corrected chi connectivity index (χ2v) is 5.01. The molecular weight excluding hydrogens is 143 g/mol. The topological polar surface area (TPSA) is 0 Å². The Hall–Kier alpha value is 0.0649. The molecule has 0 aromatic carbocycles. The van der Waals surface area contributed by atoms with Crippen LogP contribution in [0.2, 0.25) is 19.0 Å². The van der Waals surface area contributed by atoms with Gasteiger partial charge in [-0.25, -0.2) is 0 Å². The number of hydrogen-bond acceptors (Lipinski definition) is 0. The molecule has 2 unspecified atom stereocenters. The summed E-state index contributed by atoms with van der Waals surface area (Å²) in [6.07, 6.45) is 12.3. The van der Waals surface area contributed by atoms with Crippen LogP contribution in [-0.4, -0.2) is 6.71 Å². The molecule has 2 bridgehead atoms. The van der Waals surface area contributed by atoms with Gasteiger partial charge in [0, 0.05) is 0 Å². The number of hydrogen-bond donors (Lipinski definition) is 0. The van der Waals surface area contributed by atoms with Gasteiger partial charge in [-0.2, -0.15) is 0 Å². The van der Waals surface area contributed by atoms with Gasteiger partial charge >= 0.3 is 0 Å². The van der Waals surface area contributed by atoms with E-state index in [-0.39, 0.29) is 0 Å². The van der Waals surface area contributed by atoms with Crippen molar-refractivity contribution in [1.29, 1.82) is 0 Å². The maximum atomic E-state index is 2.34. The summed E-state index contributed by atoms with van der Waals surface area (Å²) in [6, 6.07) is 0. The van der Waals surface area contributed by atoms with Crippen molar-refractivity contribution in [3.05, 3.63) is 0 Å². The van der Waals surface area contributed by atoms with Crippen LogP contribution in [0, 0.1) is 11.8 Å². The van der Waals surface area contributed by atoms with Crippen LogP contribution in [0.1, 0.15) is 39.0 Å². The summed E-state index contributed by atoms with van der Waals surface area (Å²) in [5.74, 6) is 2.27. The monoisotopic (exact) mass is 164 g/mol. The molecular formula is C11H21B. The van der Waals surface area contributed by atoms with E-state index in [4.69, 9.17) is 0 Å². The lowest BCUT2D eigenvalue weighted by Gasteiger charge is -2.15. The highest BCUT2D eigenvalue weighted by atomic mass is 14.3. The van der Waals surface area contributed by atoms with Crippen molar-refractivity contribution in [3.63, 3.8) is 0 Å². The summed E-state index contributed by atoms with van der Waals surface area (Å²) < 4.78 is 0. The molecule has 1 aliphatic carbocycles. The van der Waals surface area contributed by atoms with Crippen LogP contribution in [0.15, 0.2) is 0 Å². The zero-order valence-electron chi connectivity index (χ0n) is 8.39. The van der Waals surface area contributed by atoms with E-state index in [1.807, 2.05) is 0 Å². The molecule has 0 spiro atoms. The van der Waals surface area contributed by atoms with Crippen molar-refractivity contribution >= 4 is 6.71 Å². The Morgan fingerprint density at radius 1 is 1.17 bits per heavy atom. The fourth-order valence-electron chi connectivity index (χ4n) is 3.39. The van der Waals surface area contributed by atoms with Crippen LogP contribution in [0.25, 0.3) is 0 Å². The fourth-order valence-corrected chi connectivity index (χ4v) is 3.39. The Morgan fingerprint density at radius 2 is 2.00 bits per heavy atom. The van der Waals surface area contributed by atoms with E-state index < -0.39 is 0 Å². The number of fused-ring (bicyclic) bond motifs is 2. The molecule has 1 saturated heterocycles. The highest BCUT2D eigenvalue weighted by Crippen LogP contribution is 2.41. The minimum Gasteiger partial charge on any atom is -0.0744 e. The maximum absolute atomic E-state index is 2.34. The lowest BCUT2D eigenvalue weighted by Crippen LogP contribution is -2.14. The van der Waals surface area contributed by atoms with E-state index >= 15 is 0 Å². The lowest BCUT2D eigenvalue weighted by molar-refractivity contribution is 0.513. The summed E-state index contributed by atoms with van der Waals surface area (Å²) >= 11 is 0. The summed E-state index contributed by atoms with van der Waals surface area (Å²) in [5.41, 5.74) is 0. The molecule has 0 nitrogen and oxygen atoms in total. The first-order valence-electron chi connectivity index (χ1n) is 5.88. The van der Waals surface area contributed by atoms with Crippen LogP contribution >= 0.6 is 0 Å². The van der Waals surface area contributed by atoms with Crippen molar-refractivity contribution in [3.8, 4) is 0 Å². The third-order valence-electron chi connectivity index (χ3n) is 4.00. The maximum Gasteiger partial charge on any atom is 0.140 e. The first kappa shape index (κ1) is 8.65. The smallest absolute Gasteiger partial charge is 0.0744 e. The van der Waals surface area contributed by atoms with Crippen LogP contribution < -0.4 is 0 Å². The Morgan fingerprint density at radius 3 is 2.83 bits per heavy atom. The second kappa shape index (κ2) is 3.85. The van der Waals surface area contributed by atoms with Crippen LogP contribution in [0.3, 0.4) is 0 Å². The average molecular weight is 164 g/mol. The molecule has 2 fully saturated rings. The quantitative estimate of drug-likeness (QED) is 0.545. The van der Waals surface area contributed by atoms with Gasteiger partial charge in [-0.15, -0.1) is 0 Å². The predicted octanol–water partition coefficient (Wildman–Crippen LogP) is 3.71. The van der Waals surface area contributed by atoms with Gasteiger partial charge in [0.05, 0.1) is 0 Å². The first-order valence-corrected chi connectivity index (χ1v) is 5.88. The molecule has 1 heteroatoms. The SMILES string of the molecule is CCCB1CCC2CCC(C1)C2. The minimum atomic E-state index is 1.10. The predicted molar refractivity (Wildman–Crippen MR) is 55.9 cm³/mol. The van der Waals surface area contributed by atoms with Crippen molar-refractivity contribution in [1.82, 2.24) is 0 Å². The molecule has 2 rings (SSSR count). The van der Waals surface area contributed by atoms with Crippen LogP contribution in [0.4, 0.5) is 0 Å². The normalized spacial score (nSPS) is 35.2. The molecule has 68 valence electrons. The molecule has 0 amide bonds. The number of rotatable bonds is 2. The molecule has 1 aliphatic heterocycles. The van der Waals surface area contributed by atoms with E-state index in [0.29, 0.717) is 0 Å². The largest absolute Gasteiger partial charge is 0.140 e. The summed E-state index contributed by atoms with van der Waals surface area (Å²) in [4.78, 5) is 0. The summed E-state index contributed by atoms with van der Waals surface area (Å²) in [6.45, 7) is 3.44. The minimum absolute atomic E-state index is 1.10. The molecule has 0 aromatic heterocycles. The van der Waals surface area contributed by atoms with Gasteiger partial charge in [0.25, 0.3) is 0 Å². The van der Waals surface area contributed by atoms with Crippen LogP contribution in [-0.2, 0) is 0 Å². The molecule has 2 atom stereocenters. The Bertz CT molecular complexity index is 144. The van der Waals surface area contributed by atoms with E-state index in [1.165, 1.54) is 12.7 Å². The molecule has 1 heterocycles. The van der Waals surface area contributed by atoms with Crippen molar-refractivity contribution in [2.24, 2.45) is 11.8 Å². The van der Waals surface area contributed by atoms with E-state index in [2.05, 4.69) is 6.92 Å². The van der Waals surface area contributed by atoms with E-state index in [0.717, 1.165) is 18.5 Å². The van der Waals surface area contributed by atoms with Gasteiger partial charge in [0.2, 0.25) is 0 Å². The zero-order valence-corrected chi connectivity index (χ0v) is 8.39. The molecule has 1 saturated carbocycles. The zero-order chi connectivity index (χ0) is 8.39. The van der Waals surface area contributed by atoms with Crippen LogP contribution in [0.5, 0.6) is 0 Å². The van der Waals surface area contributed by atoms with Gasteiger partial charge in [0.1, 0.15) is 6.71 Å². The third kappa shape index (κ3) is 1.86. The standard InChI is InChI=1S/C11H21B/c1-2-6-12-7-5-10-3-4-11(8-10)9-12/h10-11H,2-9H2,1H3. The molecule has 12 heavy (non-hydrogen) atoms. The lowest BCUT2D eigenvalue weighted by atomic mass is 9.40. The summed E-state index contributed by atoms with van der Waals surface area (Å²) in [7, 11) is 0. The Balaban J connectivity index is 1.87. The van der Waals surface area contributed by atoms with Gasteiger partial charge in [-0.1, -0.05) is 51.6 Å². The first-order chi connectivity index (χ1) is 5.88. The Labute approximate surface area is 77.2 Å². The Kier molecular flexibility index (Phi) is 2.78. The molecule has 0 aromatic rings. The molecule has 0 N–H and O–H groups in total. The van der Waals surface area contributed by atoms with Crippen molar-refractivity contribution in [2.75, 3.05) is 0 Å². The van der Waals surface area contributed by atoms with Gasteiger partial charge in [0.15, 0.2) is 0 Å². The van der Waals surface area contributed by atoms with E-state index in [9.17, 15) is 0 Å². The fraction of sp³-hybridized carbons (Fsp3) is 1.00. The highest BCUT2D eigenvalue weighted by molar-refractivity contribution is 6.58. The van der Waals surface area contributed by atoms with Crippen molar-refractivity contribution in [2.45, 2.75) is 58.0 Å². The average Bonchev–Trinajstić information content (AvgIpc) is 2.37. The van der Waals surface area contributed by atoms with Crippen molar-refractivity contribution < 1.29 is 0 Å². The van der Waals surface area contributed by atoms with Gasteiger partial charge in [-0.3, -0.25) is 0 Å². The second-order valence-electron chi connectivity index (χ2n) is 5.01. The highest BCUT2D eigenvalue weighted by Gasteiger charge is 2.31. The summed E-state index contributed by atoms with van der Waals surface area (Å²) in [5, 5.41) is 0. The molecule has 0 radical (unpaired) electrons. The third-order valence-corrected chi connectivity index (χ3v) is 4.00. The van der Waals surface area contributed by atoms with Gasteiger partial charge < -0.3 is 0 Å². The van der Waals surface area contributed by atoms with Gasteiger partial charge in [-0.05, 0) is 18.3 Å².